The van der Waals surface area contributed by atoms with Gasteiger partial charge in [0, 0.05) is 11.1 Å². The molecule has 2 aromatic rings. The van der Waals surface area contributed by atoms with Crippen LogP contribution in [0.5, 0.6) is 0 Å². The molecule has 19 heavy (non-hydrogen) atoms. The second-order valence-corrected chi connectivity index (χ2v) is 6.12. The average molecular weight is 280 g/mol. The van der Waals surface area contributed by atoms with Crippen LogP contribution in [0.3, 0.4) is 0 Å². The number of halogens is 1. The minimum absolute atomic E-state index is 0.162. The summed E-state index contributed by atoms with van der Waals surface area (Å²) in [5.41, 5.74) is 1.94. The van der Waals surface area contributed by atoms with Gasteiger partial charge in [0.25, 0.3) is 0 Å². The van der Waals surface area contributed by atoms with Gasteiger partial charge in [0.15, 0.2) is 0 Å². The molecule has 1 heterocycles. The lowest BCUT2D eigenvalue weighted by Crippen LogP contribution is -2.39. The van der Waals surface area contributed by atoms with Gasteiger partial charge in [-0.25, -0.2) is 4.98 Å². The summed E-state index contributed by atoms with van der Waals surface area (Å²) in [4.78, 5) is 4.80. The molecule has 1 aromatic carbocycles. The maximum absolute atomic E-state index is 6.07. The fourth-order valence-electron chi connectivity index (χ4n) is 2.56. The van der Waals surface area contributed by atoms with E-state index >= 15 is 0 Å². The lowest BCUT2D eigenvalue weighted by Gasteiger charge is -2.27. The molecule has 1 aromatic heterocycles. The minimum Gasteiger partial charge on any atom is -0.324 e. The Hall–Kier alpha value is -1.06. The van der Waals surface area contributed by atoms with E-state index in [2.05, 4.69) is 50.6 Å². The summed E-state index contributed by atoms with van der Waals surface area (Å²) in [6.07, 6.45) is 0. The van der Waals surface area contributed by atoms with Crippen LogP contribution >= 0.6 is 11.6 Å². The third-order valence-corrected chi connectivity index (χ3v) is 3.58. The molecule has 104 valence electrons. The highest BCUT2D eigenvalue weighted by Gasteiger charge is 2.27. The Balaban J connectivity index is 2.69. The van der Waals surface area contributed by atoms with E-state index in [9.17, 15) is 0 Å². The van der Waals surface area contributed by atoms with Crippen molar-refractivity contribution in [3.63, 3.8) is 0 Å². The molecule has 2 rings (SSSR count). The quantitative estimate of drug-likeness (QED) is 0.912. The van der Waals surface area contributed by atoms with Gasteiger partial charge >= 0.3 is 0 Å². The molecule has 0 aliphatic heterocycles. The Labute approximate surface area is 120 Å². The average Bonchev–Trinajstić information content (AvgIpc) is 2.67. The first kappa shape index (κ1) is 14.4. The molecule has 0 amide bonds. The van der Waals surface area contributed by atoms with Crippen LogP contribution in [-0.2, 0) is 5.54 Å². The summed E-state index contributed by atoms with van der Waals surface area (Å²) in [6.45, 7) is 11.7. The smallest absolute Gasteiger partial charge is 0.129 e. The van der Waals surface area contributed by atoms with Crippen LogP contribution in [0.4, 0.5) is 0 Å². The van der Waals surface area contributed by atoms with Crippen LogP contribution < -0.4 is 5.32 Å². The maximum atomic E-state index is 6.07. The highest BCUT2D eigenvalue weighted by Crippen LogP contribution is 2.29. The summed E-state index contributed by atoms with van der Waals surface area (Å²) in [6, 6.07) is 6.27. The molecule has 0 aliphatic rings. The van der Waals surface area contributed by atoms with Gasteiger partial charge in [0.05, 0.1) is 16.6 Å². The summed E-state index contributed by atoms with van der Waals surface area (Å²) in [5.74, 6) is 1.06. The number of fused-ring (bicyclic) bond motifs is 1. The van der Waals surface area contributed by atoms with Gasteiger partial charge in [-0.1, -0.05) is 18.5 Å². The monoisotopic (exact) mass is 279 g/mol. The zero-order valence-corrected chi connectivity index (χ0v) is 13.0. The van der Waals surface area contributed by atoms with Crippen LogP contribution in [0.25, 0.3) is 11.0 Å². The topological polar surface area (TPSA) is 29.9 Å². The number of imidazole rings is 1. The van der Waals surface area contributed by atoms with Crippen molar-refractivity contribution in [3.8, 4) is 0 Å². The summed E-state index contributed by atoms with van der Waals surface area (Å²) >= 11 is 6.07. The predicted molar refractivity (Wildman–Crippen MR) is 81.8 cm³/mol. The zero-order chi connectivity index (χ0) is 14.2. The van der Waals surface area contributed by atoms with E-state index in [1.807, 2.05) is 12.1 Å². The molecule has 0 aliphatic carbocycles. The van der Waals surface area contributed by atoms with E-state index in [0.717, 1.165) is 28.4 Å². The van der Waals surface area contributed by atoms with Gasteiger partial charge in [-0.3, -0.25) is 0 Å². The molecule has 4 heteroatoms. The van der Waals surface area contributed by atoms with Crippen molar-refractivity contribution in [1.29, 1.82) is 0 Å². The van der Waals surface area contributed by atoms with Crippen LogP contribution in [0.1, 0.15) is 46.5 Å². The first-order valence-electron chi connectivity index (χ1n) is 6.80. The van der Waals surface area contributed by atoms with Crippen molar-refractivity contribution in [2.45, 2.75) is 46.2 Å². The van der Waals surface area contributed by atoms with Crippen LogP contribution in [0.15, 0.2) is 18.2 Å². The van der Waals surface area contributed by atoms with E-state index in [0.29, 0.717) is 6.04 Å². The Kier molecular flexibility index (Phi) is 3.88. The maximum Gasteiger partial charge on any atom is 0.129 e. The molecule has 0 atom stereocenters. The molecule has 0 unspecified atom stereocenters. The minimum atomic E-state index is -0.162. The summed E-state index contributed by atoms with van der Waals surface area (Å²) in [7, 11) is 0. The molecule has 0 fully saturated rings. The van der Waals surface area contributed by atoms with Gasteiger partial charge < -0.3 is 9.88 Å². The Morgan fingerprint density at radius 1 is 1.37 bits per heavy atom. The van der Waals surface area contributed by atoms with Crippen LogP contribution in [-0.4, -0.2) is 16.1 Å². The van der Waals surface area contributed by atoms with Gasteiger partial charge in [-0.2, -0.15) is 0 Å². The van der Waals surface area contributed by atoms with Gasteiger partial charge in [-0.15, -0.1) is 0 Å². The standard InChI is InChI=1S/C15H22ClN3/c1-6-17-15(4,5)14-18-12-9-11(16)7-8-13(12)19(14)10(2)3/h7-10,17H,6H2,1-5H3. The van der Waals surface area contributed by atoms with Gasteiger partial charge in [0.1, 0.15) is 5.82 Å². The highest BCUT2D eigenvalue weighted by molar-refractivity contribution is 6.31. The van der Waals surface area contributed by atoms with Gasteiger partial charge in [0.2, 0.25) is 0 Å². The predicted octanol–water partition coefficient (Wildman–Crippen LogP) is 4.12. The van der Waals surface area contributed by atoms with Crippen molar-refractivity contribution < 1.29 is 0 Å². The van der Waals surface area contributed by atoms with E-state index in [1.165, 1.54) is 0 Å². The molecule has 3 nitrogen and oxygen atoms in total. The first-order chi connectivity index (χ1) is 8.86. The Morgan fingerprint density at radius 3 is 2.63 bits per heavy atom. The number of rotatable bonds is 4. The van der Waals surface area contributed by atoms with E-state index < -0.39 is 0 Å². The second kappa shape index (κ2) is 5.14. The summed E-state index contributed by atoms with van der Waals surface area (Å²) < 4.78 is 2.29. The van der Waals surface area contributed by atoms with Gasteiger partial charge in [-0.05, 0) is 52.4 Å². The Morgan fingerprint density at radius 2 is 2.05 bits per heavy atom. The molecular weight excluding hydrogens is 258 g/mol. The van der Waals surface area contributed by atoms with Crippen molar-refractivity contribution >= 4 is 22.6 Å². The number of nitrogens with one attached hydrogen (secondary N) is 1. The van der Waals surface area contributed by atoms with Crippen molar-refractivity contribution in [2.24, 2.45) is 0 Å². The highest BCUT2D eigenvalue weighted by atomic mass is 35.5. The molecule has 0 radical (unpaired) electrons. The SMILES string of the molecule is CCNC(C)(C)c1nc2cc(Cl)ccc2n1C(C)C. The van der Waals surface area contributed by atoms with Crippen molar-refractivity contribution in [1.82, 2.24) is 14.9 Å². The van der Waals surface area contributed by atoms with Crippen LogP contribution in [0.2, 0.25) is 5.02 Å². The number of aromatic nitrogens is 2. The molecule has 0 spiro atoms. The lowest BCUT2D eigenvalue weighted by atomic mass is 10.0. The van der Waals surface area contributed by atoms with E-state index in [1.54, 1.807) is 0 Å². The molecule has 0 bridgehead atoms. The number of benzene rings is 1. The van der Waals surface area contributed by atoms with Crippen molar-refractivity contribution in [2.75, 3.05) is 6.54 Å². The molecule has 1 N–H and O–H groups in total. The molecular formula is C15H22ClN3. The second-order valence-electron chi connectivity index (χ2n) is 5.69. The third kappa shape index (κ3) is 2.63. The Bertz CT molecular complexity index is 584. The van der Waals surface area contributed by atoms with Crippen LogP contribution in [0, 0.1) is 0 Å². The van der Waals surface area contributed by atoms with Crippen molar-refractivity contribution in [3.05, 3.63) is 29.0 Å². The fraction of sp³-hybridized carbons (Fsp3) is 0.533. The van der Waals surface area contributed by atoms with E-state index in [4.69, 9.17) is 16.6 Å². The normalized spacial score (nSPS) is 12.6. The summed E-state index contributed by atoms with van der Waals surface area (Å²) in [5, 5.41) is 4.22. The number of nitrogens with zero attached hydrogens (tertiary/aromatic N) is 2. The third-order valence-electron chi connectivity index (χ3n) is 3.35. The largest absolute Gasteiger partial charge is 0.324 e. The fourth-order valence-corrected chi connectivity index (χ4v) is 2.72. The zero-order valence-electron chi connectivity index (χ0n) is 12.3. The molecule has 0 saturated carbocycles. The first-order valence-corrected chi connectivity index (χ1v) is 7.17. The number of hydrogen-bond acceptors (Lipinski definition) is 2. The lowest BCUT2D eigenvalue weighted by molar-refractivity contribution is 0.367. The van der Waals surface area contributed by atoms with E-state index in [-0.39, 0.29) is 5.54 Å². The number of hydrogen-bond donors (Lipinski definition) is 1. The molecule has 0 saturated heterocycles.